The maximum absolute atomic E-state index is 13.3. The van der Waals surface area contributed by atoms with Crippen molar-refractivity contribution in [3.63, 3.8) is 0 Å². The lowest BCUT2D eigenvalue weighted by molar-refractivity contribution is 0.471. The van der Waals surface area contributed by atoms with Crippen LogP contribution in [0.2, 0.25) is 0 Å². The van der Waals surface area contributed by atoms with Gasteiger partial charge in [0.15, 0.2) is 5.75 Å². The first-order valence-corrected chi connectivity index (χ1v) is 5.80. The van der Waals surface area contributed by atoms with Crippen LogP contribution in [0.1, 0.15) is 18.3 Å². The molecule has 18 heavy (non-hydrogen) atoms. The molecule has 0 saturated heterocycles. The number of pyridine rings is 1. The van der Waals surface area contributed by atoms with Gasteiger partial charge in [0.1, 0.15) is 17.3 Å². The van der Waals surface area contributed by atoms with Crippen LogP contribution in [0.25, 0.3) is 0 Å². The van der Waals surface area contributed by atoms with E-state index in [0.29, 0.717) is 11.5 Å². The second-order valence-corrected chi connectivity index (χ2v) is 4.00. The van der Waals surface area contributed by atoms with Crippen molar-refractivity contribution in [2.45, 2.75) is 20.3 Å². The minimum Gasteiger partial charge on any atom is -0.453 e. The fourth-order valence-electron chi connectivity index (χ4n) is 1.67. The maximum Gasteiger partial charge on any atom is 0.153 e. The number of hydrogen-bond acceptors (Lipinski definition) is 3. The van der Waals surface area contributed by atoms with Crippen molar-refractivity contribution in [1.29, 1.82) is 0 Å². The van der Waals surface area contributed by atoms with Gasteiger partial charge >= 0.3 is 0 Å². The van der Waals surface area contributed by atoms with E-state index in [1.807, 2.05) is 26.0 Å². The minimum absolute atomic E-state index is 0.0140. The molecule has 0 unspecified atom stereocenters. The third-order valence-corrected chi connectivity index (χ3v) is 2.64. The first kappa shape index (κ1) is 12.4. The first-order chi connectivity index (χ1) is 8.61. The average molecular weight is 246 g/mol. The van der Waals surface area contributed by atoms with E-state index in [4.69, 9.17) is 10.5 Å². The maximum atomic E-state index is 13.3. The Morgan fingerprint density at radius 3 is 2.72 bits per heavy atom. The quantitative estimate of drug-likeness (QED) is 0.843. The summed E-state index contributed by atoms with van der Waals surface area (Å²) in [5.74, 6) is 0.446. The third kappa shape index (κ3) is 2.42. The van der Waals surface area contributed by atoms with Crippen LogP contribution in [0.4, 0.5) is 10.1 Å². The molecule has 1 aromatic heterocycles. The molecule has 0 radical (unpaired) electrons. The van der Waals surface area contributed by atoms with E-state index in [0.717, 1.165) is 17.8 Å². The van der Waals surface area contributed by atoms with E-state index in [-0.39, 0.29) is 5.69 Å². The molecule has 0 aliphatic rings. The molecule has 0 aliphatic heterocycles. The van der Waals surface area contributed by atoms with Crippen LogP contribution >= 0.6 is 0 Å². The van der Waals surface area contributed by atoms with Gasteiger partial charge in [-0.25, -0.2) is 4.39 Å². The highest BCUT2D eigenvalue weighted by Crippen LogP contribution is 2.30. The average Bonchev–Trinajstić information content (AvgIpc) is 2.37. The number of rotatable bonds is 3. The number of nitrogen functional groups attached to an aromatic ring is 1. The number of anilines is 1. The second-order valence-electron chi connectivity index (χ2n) is 4.00. The first-order valence-electron chi connectivity index (χ1n) is 5.80. The van der Waals surface area contributed by atoms with Crippen molar-refractivity contribution >= 4 is 5.69 Å². The molecular weight excluding hydrogens is 231 g/mol. The van der Waals surface area contributed by atoms with Gasteiger partial charge in [-0.3, -0.25) is 4.98 Å². The lowest BCUT2D eigenvalue weighted by Gasteiger charge is -2.12. The molecule has 0 fully saturated rings. The smallest absolute Gasteiger partial charge is 0.153 e. The van der Waals surface area contributed by atoms with Crippen molar-refractivity contribution in [3.8, 4) is 11.5 Å². The highest BCUT2D eigenvalue weighted by atomic mass is 19.1. The summed E-state index contributed by atoms with van der Waals surface area (Å²) < 4.78 is 18.9. The Labute approximate surface area is 105 Å². The molecule has 0 atom stereocenters. The Kier molecular flexibility index (Phi) is 3.46. The molecule has 0 bridgehead atoms. The van der Waals surface area contributed by atoms with Crippen LogP contribution < -0.4 is 10.5 Å². The number of nitrogens with two attached hydrogens (primary N) is 1. The summed E-state index contributed by atoms with van der Waals surface area (Å²) in [5.41, 5.74) is 7.40. The van der Waals surface area contributed by atoms with Gasteiger partial charge in [-0.15, -0.1) is 0 Å². The summed E-state index contributed by atoms with van der Waals surface area (Å²) in [4.78, 5) is 4.38. The van der Waals surface area contributed by atoms with Gasteiger partial charge in [-0.1, -0.05) is 13.0 Å². The zero-order valence-electron chi connectivity index (χ0n) is 10.4. The lowest BCUT2D eigenvalue weighted by Crippen LogP contribution is -1.99. The van der Waals surface area contributed by atoms with Gasteiger partial charge in [0, 0.05) is 5.69 Å². The van der Waals surface area contributed by atoms with Gasteiger partial charge < -0.3 is 10.5 Å². The normalized spacial score (nSPS) is 10.4. The number of nitrogens with zero attached hydrogens (tertiary/aromatic N) is 1. The lowest BCUT2D eigenvalue weighted by atomic mass is 10.2. The summed E-state index contributed by atoms with van der Waals surface area (Å²) >= 11 is 0. The molecule has 2 rings (SSSR count). The Morgan fingerprint density at radius 2 is 2.00 bits per heavy atom. The number of para-hydroxylation sites is 1. The van der Waals surface area contributed by atoms with Crippen LogP contribution in [-0.4, -0.2) is 4.98 Å². The molecule has 94 valence electrons. The van der Waals surface area contributed by atoms with Crippen LogP contribution in [0.5, 0.6) is 11.5 Å². The predicted molar refractivity (Wildman–Crippen MR) is 69.2 cm³/mol. The van der Waals surface area contributed by atoms with E-state index in [9.17, 15) is 4.39 Å². The molecule has 3 nitrogen and oxygen atoms in total. The largest absolute Gasteiger partial charge is 0.453 e. The summed E-state index contributed by atoms with van der Waals surface area (Å²) in [5, 5.41) is 0. The van der Waals surface area contributed by atoms with Gasteiger partial charge in [-0.2, -0.15) is 0 Å². The molecule has 0 amide bonds. The summed E-state index contributed by atoms with van der Waals surface area (Å²) in [6, 6.07) is 8.18. The fourth-order valence-corrected chi connectivity index (χ4v) is 1.67. The van der Waals surface area contributed by atoms with Crippen LogP contribution in [-0.2, 0) is 6.42 Å². The molecular formula is C14H15FN2O. The summed E-state index contributed by atoms with van der Waals surface area (Å²) in [7, 11) is 0. The summed E-state index contributed by atoms with van der Waals surface area (Å²) in [6.45, 7) is 3.91. The SMILES string of the molecule is CCc1nc(C)ccc1Oc1cccc(F)c1N. The van der Waals surface area contributed by atoms with Crippen LogP contribution in [0.3, 0.4) is 0 Å². The van der Waals surface area contributed by atoms with Crippen molar-refractivity contribution in [3.05, 3.63) is 47.5 Å². The van der Waals surface area contributed by atoms with E-state index in [1.165, 1.54) is 6.07 Å². The monoisotopic (exact) mass is 246 g/mol. The number of ether oxygens (including phenoxy) is 1. The number of halogens is 1. The van der Waals surface area contributed by atoms with E-state index in [2.05, 4.69) is 4.98 Å². The zero-order chi connectivity index (χ0) is 13.1. The Morgan fingerprint density at radius 1 is 1.22 bits per heavy atom. The molecule has 0 saturated carbocycles. The van der Waals surface area contributed by atoms with E-state index >= 15 is 0 Å². The van der Waals surface area contributed by atoms with Crippen molar-refractivity contribution in [1.82, 2.24) is 4.98 Å². The zero-order valence-corrected chi connectivity index (χ0v) is 10.4. The van der Waals surface area contributed by atoms with Crippen LogP contribution in [0.15, 0.2) is 30.3 Å². The highest BCUT2D eigenvalue weighted by molar-refractivity contribution is 5.55. The highest BCUT2D eigenvalue weighted by Gasteiger charge is 2.10. The molecule has 1 heterocycles. The van der Waals surface area contributed by atoms with Crippen molar-refractivity contribution < 1.29 is 9.13 Å². The van der Waals surface area contributed by atoms with Crippen molar-refractivity contribution in [2.75, 3.05) is 5.73 Å². The van der Waals surface area contributed by atoms with Gasteiger partial charge in [0.25, 0.3) is 0 Å². The standard InChI is InChI=1S/C14H15FN2O/c1-3-11-12(8-7-9(2)17-11)18-13-6-4-5-10(15)14(13)16/h4-8H,3,16H2,1-2H3. The molecule has 2 aromatic rings. The van der Waals surface area contributed by atoms with Gasteiger partial charge in [-0.05, 0) is 37.6 Å². The van der Waals surface area contributed by atoms with Gasteiger partial charge in [0.2, 0.25) is 0 Å². The Hall–Kier alpha value is -2.10. The summed E-state index contributed by atoms with van der Waals surface area (Å²) in [6.07, 6.45) is 0.742. The number of hydrogen-bond donors (Lipinski definition) is 1. The van der Waals surface area contributed by atoms with E-state index in [1.54, 1.807) is 12.1 Å². The van der Waals surface area contributed by atoms with Gasteiger partial charge in [0.05, 0.1) is 5.69 Å². The topological polar surface area (TPSA) is 48.1 Å². The number of benzene rings is 1. The van der Waals surface area contributed by atoms with E-state index < -0.39 is 5.82 Å². The molecule has 4 heteroatoms. The third-order valence-electron chi connectivity index (χ3n) is 2.64. The van der Waals surface area contributed by atoms with Crippen molar-refractivity contribution in [2.24, 2.45) is 0 Å². The second kappa shape index (κ2) is 5.04. The van der Waals surface area contributed by atoms with Crippen LogP contribution in [0, 0.1) is 12.7 Å². The molecule has 0 spiro atoms. The number of aryl methyl sites for hydroxylation is 2. The fraction of sp³-hybridized carbons (Fsp3) is 0.214. The molecule has 0 aliphatic carbocycles. The predicted octanol–water partition coefficient (Wildman–Crippen LogP) is 3.47. The Balaban J connectivity index is 2.37. The molecule has 1 aromatic carbocycles. The molecule has 2 N–H and O–H groups in total. The minimum atomic E-state index is -0.481. The Bertz CT molecular complexity index is 570. The number of aromatic nitrogens is 1.